The topological polar surface area (TPSA) is 108 Å². The molecule has 0 atom stereocenters. The lowest BCUT2D eigenvalue weighted by atomic mass is 11.3. The first kappa shape index (κ1) is 7.34. The Kier molecular flexibility index (Phi) is 2.74. The van der Waals surface area contributed by atoms with Crippen molar-refractivity contribution in [3.05, 3.63) is 4.91 Å². The van der Waals surface area contributed by atoms with E-state index in [0.717, 1.165) is 0 Å². The molecule has 0 aromatic rings. The maximum Gasteiger partial charge on any atom is 0.511 e. The molecule has 0 aliphatic rings. The number of primary amides is 1. The van der Waals surface area contributed by atoms with Crippen LogP contribution in [-0.4, -0.2) is 12.2 Å². The predicted octanol–water partition coefficient (Wildman–Crippen LogP) is -0.100. The van der Waals surface area contributed by atoms with Gasteiger partial charge in [0.15, 0.2) is 0 Å². The second-order valence-electron chi connectivity index (χ2n) is 0.843. The Morgan fingerprint density at radius 2 is 1.89 bits per heavy atom. The molecule has 0 radical (unpaired) electrons. The first-order chi connectivity index (χ1) is 4.16. The molecular formula is C2H2N2O5. The summed E-state index contributed by atoms with van der Waals surface area (Å²) in [5.74, 6) is 0. The van der Waals surface area contributed by atoms with Crippen molar-refractivity contribution in [3.8, 4) is 0 Å². The van der Waals surface area contributed by atoms with E-state index < -0.39 is 12.2 Å². The number of nitrogens with zero attached hydrogens (tertiary/aromatic N) is 1. The lowest BCUT2D eigenvalue weighted by Gasteiger charge is -1.90. The summed E-state index contributed by atoms with van der Waals surface area (Å²) in [5.41, 5.74) is 4.31. The van der Waals surface area contributed by atoms with Crippen LogP contribution >= 0.6 is 0 Å². The Hall–Kier alpha value is -1.66. The molecule has 0 fully saturated rings. The van der Waals surface area contributed by atoms with E-state index in [1.54, 1.807) is 5.18 Å². The van der Waals surface area contributed by atoms with Gasteiger partial charge >= 0.3 is 12.2 Å². The molecule has 50 valence electrons. The molecule has 0 aromatic heterocycles. The van der Waals surface area contributed by atoms with Crippen molar-refractivity contribution in [2.75, 3.05) is 0 Å². The fourth-order valence-electron chi connectivity index (χ4n) is 0.0919. The molecule has 2 amide bonds. The maximum atomic E-state index is 9.68. The Balaban J connectivity index is 3.39. The van der Waals surface area contributed by atoms with Gasteiger partial charge in [0.25, 0.3) is 0 Å². The molecule has 0 heterocycles. The summed E-state index contributed by atoms with van der Waals surface area (Å²) in [4.78, 5) is 35.2. The highest BCUT2D eigenvalue weighted by Crippen LogP contribution is 1.82. The van der Waals surface area contributed by atoms with Gasteiger partial charge < -0.3 is 5.73 Å². The van der Waals surface area contributed by atoms with E-state index in [9.17, 15) is 9.59 Å². The van der Waals surface area contributed by atoms with Crippen molar-refractivity contribution in [2.24, 2.45) is 10.9 Å². The monoisotopic (exact) mass is 134 g/mol. The van der Waals surface area contributed by atoms with Crippen molar-refractivity contribution in [1.29, 1.82) is 0 Å². The molecule has 0 bridgehead atoms. The lowest BCUT2D eigenvalue weighted by molar-refractivity contribution is -0.172. The zero-order valence-corrected chi connectivity index (χ0v) is 4.07. The zero-order valence-electron chi connectivity index (χ0n) is 4.07. The number of rotatable bonds is 0. The molecule has 0 unspecified atom stereocenters. The van der Waals surface area contributed by atoms with Gasteiger partial charge in [-0.25, -0.2) is 19.4 Å². The Morgan fingerprint density at radius 1 is 1.33 bits per heavy atom. The Labute approximate surface area is 48.6 Å². The average Bonchev–Trinajstić information content (AvgIpc) is 1.83. The predicted molar refractivity (Wildman–Crippen MR) is 22.9 cm³/mol. The van der Waals surface area contributed by atoms with Crippen LogP contribution in [0.4, 0.5) is 9.59 Å². The first-order valence-corrected chi connectivity index (χ1v) is 1.68. The third-order valence-electron chi connectivity index (χ3n) is 0.270. The summed E-state index contributed by atoms with van der Waals surface area (Å²) in [6.45, 7) is 0. The van der Waals surface area contributed by atoms with Crippen LogP contribution in [0.15, 0.2) is 5.18 Å². The van der Waals surface area contributed by atoms with Crippen LogP contribution in [0, 0.1) is 4.91 Å². The summed E-state index contributed by atoms with van der Waals surface area (Å²) in [7, 11) is 0. The van der Waals surface area contributed by atoms with Gasteiger partial charge in [-0.15, -0.1) is 4.91 Å². The maximum absolute atomic E-state index is 9.68. The molecule has 0 spiro atoms. The van der Waals surface area contributed by atoms with Gasteiger partial charge in [-0.2, -0.15) is 0 Å². The van der Waals surface area contributed by atoms with E-state index in [4.69, 9.17) is 4.91 Å². The van der Waals surface area contributed by atoms with E-state index in [-0.39, 0.29) is 0 Å². The molecule has 0 aliphatic heterocycles. The van der Waals surface area contributed by atoms with Gasteiger partial charge in [-0.3, -0.25) is 0 Å². The normalized spacial score (nSPS) is 7.56. The van der Waals surface area contributed by atoms with Gasteiger partial charge in [0, 0.05) is 0 Å². The summed E-state index contributed by atoms with van der Waals surface area (Å²) in [6.07, 6.45) is -2.89. The van der Waals surface area contributed by atoms with Crippen LogP contribution in [0.2, 0.25) is 0 Å². The van der Waals surface area contributed by atoms with Crippen molar-refractivity contribution >= 4 is 12.2 Å². The molecule has 2 N–H and O–H groups in total. The van der Waals surface area contributed by atoms with Gasteiger partial charge in [-0.05, 0) is 0 Å². The zero-order chi connectivity index (χ0) is 7.28. The van der Waals surface area contributed by atoms with Crippen LogP contribution in [0.1, 0.15) is 0 Å². The highest BCUT2D eigenvalue weighted by molar-refractivity contribution is 5.69. The van der Waals surface area contributed by atoms with Gasteiger partial charge in [0.2, 0.25) is 0 Å². The molecule has 0 aliphatic carbocycles. The van der Waals surface area contributed by atoms with Gasteiger partial charge in [-0.1, -0.05) is 0 Å². The number of hydrogen-bond donors (Lipinski definition) is 1. The molecule has 7 nitrogen and oxygen atoms in total. The van der Waals surface area contributed by atoms with Gasteiger partial charge in [0.1, 0.15) is 0 Å². The van der Waals surface area contributed by atoms with Crippen LogP contribution in [0.5, 0.6) is 0 Å². The van der Waals surface area contributed by atoms with E-state index in [1.165, 1.54) is 0 Å². The lowest BCUT2D eigenvalue weighted by Crippen LogP contribution is -2.14. The number of nitroso groups, excluding NO2 is 1. The molecule has 0 rings (SSSR count). The standard InChI is InChI=1S/C2H2N2O5/c3-1(5)8-9-2(6)4-7/h(H2,3,5). The molecule has 0 saturated carbocycles. The molecule has 0 saturated heterocycles. The summed E-state index contributed by atoms with van der Waals surface area (Å²) in [6, 6.07) is 0. The van der Waals surface area contributed by atoms with Crippen LogP contribution < -0.4 is 5.73 Å². The molecule has 9 heavy (non-hydrogen) atoms. The van der Waals surface area contributed by atoms with E-state index in [1.807, 2.05) is 0 Å². The fourth-order valence-corrected chi connectivity index (χ4v) is 0.0919. The first-order valence-electron chi connectivity index (χ1n) is 1.68. The smallest absolute Gasteiger partial charge is 0.332 e. The summed E-state index contributed by atoms with van der Waals surface area (Å²) < 4.78 is 0. The third kappa shape index (κ3) is 4.19. The van der Waals surface area contributed by atoms with Crippen molar-refractivity contribution < 1.29 is 19.4 Å². The van der Waals surface area contributed by atoms with E-state index in [0.29, 0.717) is 0 Å². The molecule has 7 heteroatoms. The van der Waals surface area contributed by atoms with Crippen LogP contribution in [-0.2, 0) is 9.78 Å². The Bertz CT molecular complexity index is 142. The number of carbonyl (C=O) groups is 2. The fraction of sp³-hybridized carbons (Fsp3) is 0. The second kappa shape index (κ2) is 3.36. The average molecular weight is 134 g/mol. The number of nitrogens with two attached hydrogens (primary N) is 1. The molecule has 0 aromatic carbocycles. The highest BCUT2D eigenvalue weighted by atomic mass is 17.2. The Morgan fingerprint density at radius 3 is 2.22 bits per heavy atom. The number of carbonyl (C=O) groups excluding carboxylic acids is 2. The molecular weight excluding hydrogens is 132 g/mol. The van der Waals surface area contributed by atoms with E-state index in [2.05, 4.69) is 15.5 Å². The van der Waals surface area contributed by atoms with Crippen LogP contribution in [0.25, 0.3) is 0 Å². The summed E-state index contributed by atoms with van der Waals surface area (Å²) in [5, 5.41) is 1.72. The quantitative estimate of drug-likeness (QED) is 0.282. The second-order valence-corrected chi connectivity index (χ2v) is 0.843. The van der Waals surface area contributed by atoms with E-state index >= 15 is 0 Å². The minimum Gasteiger partial charge on any atom is -0.332 e. The largest absolute Gasteiger partial charge is 0.511 e. The summed E-state index contributed by atoms with van der Waals surface area (Å²) >= 11 is 0. The number of amides is 2. The van der Waals surface area contributed by atoms with Crippen LogP contribution in [0.3, 0.4) is 0 Å². The minimum absolute atomic E-state index is 1.33. The van der Waals surface area contributed by atoms with Crippen molar-refractivity contribution in [3.63, 3.8) is 0 Å². The van der Waals surface area contributed by atoms with Crippen molar-refractivity contribution in [2.45, 2.75) is 0 Å². The van der Waals surface area contributed by atoms with Crippen molar-refractivity contribution in [1.82, 2.24) is 0 Å². The highest BCUT2D eigenvalue weighted by Gasteiger charge is 2.03. The third-order valence-corrected chi connectivity index (χ3v) is 0.270. The minimum atomic E-state index is -1.56. The number of hydrogen-bond acceptors (Lipinski definition) is 5. The SMILES string of the molecule is NC(=O)OOC(=O)N=O. The van der Waals surface area contributed by atoms with Gasteiger partial charge in [0.05, 0.1) is 5.18 Å².